The summed E-state index contributed by atoms with van der Waals surface area (Å²) >= 11 is 1.34. The minimum atomic E-state index is -3.81. The molecule has 3 aromatic rings. The second-order valence-corrected chi connectivity index (χ2v) is 12.1. The molecule has 0 radical (unpaired) electrons. The lowest BCUT2D eigenvalue weighted by molar-refractivity contribution is 0.0986. The van der Waals surface area contributed by atoms with Crippen LogP contribution < -0.4 is 14.4 Å². The number of hydrogen-bond donors (Lipinski definition) is 0. The topological polar surface area (TPSA) is 111 Å². The summed E-state index contributed by atoms with van der Waals surface area (Å²) in [6, 6.07) is 9.57. The van der Waals surface area contributed by atoms with Crippen molar-refractivity contribution in [2.24, 2.45) is 0 Å². The van der Waals surface area contributed by atoms with Gasteiger partial charge in [0.05, 0.1) is 32.3 Å². The zero-order valence-electron chi connectivity index (χ0n) is 23.9. The number of nitrogens with zero attached hydrogens (tertiary/aromatic N) is 4. The molecule has 40 heavy (non-hydrogen) atoms. The summed E-state index contributed by atoms with van der Waals surface area (Å²) in [4.78, 5) is 22.3. The molecule has 220 valence electrons. The van der Waals surface area contributed by atoms with Crippen molar-refractivity contribution >= 4 is 42.6 Å². The van der Waals surface area contributed by atoms with Gasteiger partial charge in [0.2, 0.25) is 10.0 Å². The number of hydrogen-bond acceptors (Lipinski definition) is 10. The van der Waals surface area contributed by atoms with Gasteiger partial charge in [0.15, 0.2) is 5.13 Å². The van der Waals surface area contributed by atoms with Crippen molar-refractivity contribution in [3.05, 3.63) is 42.0 Å². The van der Waals surface area contributed by atoms with Gasteiger partial charge < -0.3 is 23.8 Å². The summed E-state index contributed by atoms with van der Waals surface area (Å²) in [5, 5.41) is 0.503. The summed E-state index contributed by atoms with van der Waals surface area (Å²) in [6.07, 6.45) is 0.712. The Bertz CT molecular complexity index is 1310. The maximum atomic E-state index is 13.8. The third-order valence-corrected chi connectivity index (χ3v) is 9.20. The Balaban J connectivity index is 1.95. The molecule has 0 bridgehead atoms. The van der Waals surface area contributed by atoms with Crippen molar-refractivity contribution in [1.29, 1.82) is 0 Å². The Labute approximate surface area is 240 Å². The molecule has 0 spiro atoms. The van der Waals surface area contributed by atoms with Crippen molar-refractivity contribution in [1.82, 2.24) is 14.2 Å². The highest BCUT2D eigenvalue weighted by molar-refractivity contribution is 7.89. The Morgan fingerprint density at radius 1 is 0.850 bits per heavy atom. The van der Waals surface area contributed by atoms with Crippen LogP contribution in [0.5, 0.6) is 11.5 Å². The van der Waals surface area contributed by atoms with Gasteiger partial charge in [-0.3, -0.25) is 9.69 Å². The van der Waals surface area contributed by atoms with E-state index in [-0.39, 0.29) is 37.1 Å². The van der Waals surface area contributed by atoms with E-state index in [1.807, 2.05) is 25.1 Å². The highest BCUT2D eigenvalue weighted by atomic mass is 32.2. The SMILES string of the molecule is COCCN(CCOC)S(=O)(=O)c1ccc(C(=O)N(CCCN(C)C)c2nc3c(OC)ccc(OC)c3s2)cc1. The van der Waals surface area contributed by atoms with Crippen LogP contribution in [0.25, 0.3) is 10.2 Å². The fourth-order valence-corrected chi connectivity index (χ4v) is 6.54. The molecule has 0 aliphatic heterocycles. The van der Waals surface area contributed by atoms with Crippen LogP contribution in [0, 0.1) is 0 Å². The number of carbonyl (C=O) groups excluding carboxylic acids is 1. The number of ether oxygens (including phenoxy) is 4. The summed E-state index contributed by atoms with van der Waals surface area (Å²) in [5.41, 5.74) is 0.961. The first-order valence-corrected chi connectivity index (χ1v) is 15.0. The molecule has 11 nitrogen and oxygen atoms in total. The molecule has 0 aliphatic carbocycles. The van der Waals surface area contributed by atoms with E-state index in [4.69, 9.17) is 23.9 Å². The number of aromatic nitrogens is 1. The highest BCUT2D eigenvalue weighted by Gasteiger charge is 2.27. The summed E-state index contributed by atoms with van der Waals surface area (Å²) in [6.45, 7) is 2.07. The lowest BCUT2D eigenvalue weighted by Gasteiger charge is -2.22. The summed E-state index contributed by atoms with van der Waals surface area (Å²) in [5.74, 6) is 0.941. The molecule has 1 aromatic heterocycles. The first-order chi connectivity index (χ1) is 19.2. The Morgan fingerprint density at radius 2 is 1.45 bits per heavy atom. The minimum Gasteiger partial charge on any atom is -0.495 e. The average molecular weight is 595 g/mol. The number of benzene rings is 2. The Morgan fingerprint density at radius 3 is 2.00 bits per heavy atom. The largest absolute Gasteiger partial charge is 0.495 e. The van der Waals surface area contributed by atoms with Crippen molar-refractivity contribution in [3.8, 4) is 11.5 Å². The molecule has 1 heterocycles. The minimum absolute atomic E-state index is 0.0878. The number of fused-ring (bicyclic) bond motifs is 1. The van der Waals surface area contributed by atoms with Gasteiger partial charge in [0.25, 0.3) is 5.91 Å². The number of thiazole rings is 1. The zero-order chi connectivity index (χ0) is 29.3. The Kier molecular flexibility index (Phi) is 11.7. The lowest BCUT2D eigenvalue weighted by Crippen LogP contribution is -2.36. The first-order valence-electron chi connectivity index (χ1n) is 12.7. The normalized spacial score (nSPS) is 11.9. The summed E-state index contributed by atoms with van der Waals surface area (Å²) < 4.78 is 49.8. The number of amides is 1. The van der Waals surface area contributed by atoms with Crippen LogP contribution in [0.4, 0.5) is 5.13 Å². The molecule has 0 unspecified atom stereocenters. The standard InChI is InChI=1S/C27H38N4O7S2/c1-29(2)14-7-15-31(27-28-24-22(37-5)12-13-23(38-6)25(24)39-27)26(32)20-8-10-21(11-9-20)40(33,34)30(16-18-35-3)17-19-36-4/h8-13H,7,14-19H2,1-6H3. The van der Waals surface area contributed by atoms with Crippen molar-refractivity contribution < 1.29 is 32.2 Å². The molecule has 3 rings (SSSR count). The smallest absolute Gasteiger partial charge is 0.260 e. The molecule has 13 heteroatoms. The molecule has 0 saturated heterocycles. The van der Waals surface area contributed by atoms with Gasteiger partial charge in [0, 0.05) is 39.4 Å². The van der Waals surface area contributed by atoms with Gasteiger partial charge in [-0.1, -0.05) is 11.3 Å². The molecule has 0 saturated carbocycles. The van der Waals surface area contributed by atoms with E-state index in [9.17, 15) is 13.2 Å². The van der Waals surface area contributed by atoms with E-state index in [0.29, 0.717) is 40.7 Å². The van der Waals surface area contributed by atoms with E-state index in [1.165, 1.54) is 54.1 Å². The zero-order valence-corrected chi connectivity index (χ0v) is 25.5. The predicted octanol–water partition coefficient (Wildman–Crippen LogP) is 3.20. The second kappa shape index (κ2) is 14.7. The third kappa shape index (κ3) is 7.47. The van der Waals surface area contributed by atoms with Crippen LogP contribution in [0.15, 0.2) is 41.3 Å². The van der Waals surface area contributed by atoms with Crippen LogP contribution in [-0.2, 0) is 19.5 Å². The molecular weight excluding hydrogens is 556 g/mol. The van der Waals surface area contributed by atoms with Gasteiger partial charge in [0.1, 0.15) is 21.7 Å². The highest BCUT2D eigenvalue weighted by Crippen LogP contribution is 2.40. The molecule has 0 fully saturated rings. The number of sulfonamides is 1. The number of rotatable bonds is 16. The quantitative estimate of drug-likeness (QED) is 0.247. The summed E-state index contributed by atoms with van der Waals surface area (Å²) in [7, 11) is 6.33. The maximum absolute atomic E-state index is 13.8. The van der Waals surface area contributed by atoms with Gasteiger partial charge in [-0.2, -0.15) is 4.31 Å². The van der Waals surface area contributed by atoms with E-state index in [2.05, 4.69) is 0 Å². The van der Waals surface area contributed by atoms with Gasteiger partial charge in [-0.25, -0.2) is 13.4 Å². The molecule has 0 N–H and O–H groups in total. The molecule has 0 aliphatic rings. The van der Waals surface area contributed by atoms with E-state index < -0.39 is 10.0 Å². The molecule has 1 amide bonds. The molecule has 2 aromatic carbocycles. The van der Waals surface area contributed by atoms with Crippen molar-refractivity contribution in [2.75, 3.05) is 86.8 Å². The number of anilines is 1. The maximum Gasteiger partial charge on any atom is 0.260 e. The monoisotopic (exact) mass is 594 g/mol. The third-order valence-electron chi connectivity index (χ3n) is 6.19. The van der Waals surface area contributed by atoms with Crippen LogP contribution in [0.3, 0.4) is 0 Å². The van der Waals surface area contributed by atoms with Gasteiger partial charge >= 0.3 is 0 Å². The van der Waals surface area contributed by atoms with Crippen LogP contribution in [0.1, 0.15) is 16.8 Å². The molecular formula is C27H38N4O7S2. The fraction of sp³-hybridized carbons (Fsp3) is 0.481. The van der Waals surface area contributed by atoms with Crippen molar-refractivity contribution in [3.63, 3.8) is 0 Å². The van der Waals surface area contributed by atoms with Crippen LogP contribution >= 0.6 is 11.3 Å². The van der Waals surface area contributed by atoms with Gasteiger partial charge in [-0.15, -0.1) is 0 Å². The predicted molar refractivity (Wildman–Crippen MR) is 157 cm³/mol. The second-order valence-electron chi connectivity index (χ2n) is 9.17. The number of carbonyl (C=O) groups is 1. The van der Waals surface area contributed by atoms with E-state index in [0.717, 1.165) is 11.2 Å². The van der Waals surface area contributed by atoms with E-state index >= 15 is 0 Å². The Hall–Kier alpha value is -2.81. The van der Waals surface area contributed by atoms with Crippen LogP contribution in [0.2, 0.25) is 0 Å². The molecule has 0 atom stereocenters. The fourth-order valence-electron chi connectivity index (χ4n) is 4.03. The first kappa shape index (κ1) is 31.7. The van der Waals surface area contributed by atoms with Gasteiger partial charge in [-0.05, 0) is 63.5 Å². The van der Waals surface area contributed by atoms with Crippen molar-refractivity contribution in [2.45, 2.75) is 11.3 Å². The van der Waals surface area contributed by atoms with E-state index in [1.54, 1.807) is 25.2 Å². The number of methoxy groups -OCH3 is 4. The van der Waals surface area contributed by atoms with Crippen LogP contribution in [-0.4, -0.2) is 110 Å². The lowest BCUT2D eigenvalue weighted by atomic mass is 10.2. The average Bonchev–Trinajstić information content (AvgIpc) is 3.39.